The maximum absolute atomic E-state index is 6.55. The molecule has 0 N–H and O–H groups in total. The summed E-state index contributed by atoms with van der Waals surface area (Å²) in [5.41, 5.74) is 10.7. The van der Waals surface area contributed by atoms with Crippen LogP contribution in [0.2, 0.25) is 0 Å². The molecule has 0 unspecified atom stereocenters. The van der Waals surface area contributed by atoms with Gasteiger partial charge >= 0.3 is 0 Å². The van der Waals surface area contributed by atoms with Crippen molar-refractivity contribution in [2.75, 3.05) is 4.90 Å². The van der Waals surface area contributed by atoms with Crippen LogP contribution in [-0.2, 0) is 0 Å². The van der Waals surface area contributed by atoms with Crippen LogP contribution >= 0.6 is 0 Å². The average molecular weight is 590 g/mol. The number of rotatable bonds is 3. The van der Waals surface area contributed by atoms with Gasteiger partial charge in [0.2, 0.25) is 0 Å². The van der Waals surface area contributed by atoms with E-state index in [1.165, 1.54) is 0 Å². The fourth-order valence-corrected chi connectivity index (χ4v) is 6.71. The lowest BCUT2D eigenvalue weighted by atomic mass is 9.99. The number of hydrogen-bond donors (Lipinski definition) is 0. The molecule has 0 amide bonds. The first-order valence-electron chi connectivity index (χ1n) is 15.2. The van der Waals surface area contributed by atoms with Gasteiger partial charge in [-0.15, -0.1) is 0 Å². The van der Waals surface area contributed by atoms with Gasteiger partial charge in [-0.25, -0.2) is 0 Å². The Labute approximate surface area is 264 Å². The molecule has 2 aromatic heterocycles. The molecule has 10 rings (SSSR count). The summed E-state index contributed by atoms with van der Waals surface area (Å²) in [6, 6.07) is 54.2. The van der Waals surface area contributed by atoms with Crippen LogP contribution in [0, 0.1) is 12.1 Å². The van der Waals surface area contributed by atoms with E-state index in [1.807, 2.05) is 48.5 Å². The van der Waals surface area contributed by atoms with Gasteiger partial charge in [0.1, 0.15) is 22.3 Å². The minimum atomic E-state index is 0.780. The second kappa shape index (κ2) is 9.53. The molecule has 0 saturated heterocycles. The third kappa shape index (κ3) is 3.76. The average Bonchev–Trinajstić information content (AvgIpc) is 3.68. The first-order valence-corrected chi connectivity index (χ1v) is 15.2. The Morgan fingerprint density at radius 2 is 0.935 bits per heavy atom. The van der Waals surface area contributed by atoms with E-state index in [9.17, 15) is 0 Å². The molecule has 0 bridgehead atoms. The highest BCUT2D eigenvalue weighted by Crippen LogP contribution is 2.52. The Hall–Kier alpha value is -6.44. The molecule has 0 radical (unpaired) electrons. The zero-order valence-corrected chi connectivity index (χ0v) is 24.5. The van der Waals surface area contributed by atoms with E-state index in [-0.39, 0.29) is 0 Å². The van der Waals surface area contributed by atoms with Crippen LogP contribution < -0.4 is 9.64 Å². The van der Waals surface area contributed by atoms with Crippen molar-refractivity contribution in [1.29, 1.82) is 0 Å². The minimum absolute atomic E-state index is 0.780. The lowest BCUT2D eigenvalue weighted by Gasteiger charge is -2.32. The summed E-state index contributed by atoms with van der Waals surface area (Å²) in [5.74, 6) is 1.56. The van der Waals surface area contributed by atoms with Crippen molar-refractivity contribution in [2.24, 2.45) is 0 Å². The molecule has 1 aliphatic heterocycles. The summed E-state index contributed by atoms with van der Waals surface area (Å²) < 4.78 is 18.7. The maximum Gasteiger partial charge on any atom is 0.151 e. The summed E-state index contributed by atoms with van der Waals surface area (Å²) in [4.78, 5) is 2.22. The zero-order valence-electron chi connectivity index (χ0n) is 24.5. The number of nitrogens with zero attached hydrogens (tertiary/aromatic N) is 1. The van der Waals surface area contributed by atoms with Crippen molar-refractivity contribution in [3.63, 3.8) is 0 Å². The highest BCUT2D eigenvalue weighted by molar-refractivity contribution is 6.07. The fourth-order valence-electron chi connectivity index (χ4n) is 6.71. The summed E-state index contributed by atoms with van der Waals surface area (Å²) in [7, 11) is 0. The molecule has 46 heavy (non-hydrogen) atoms. The second-order valence-corrected chi connectivity index (χ2v) is 11.6. The van der Waals surface area contributed by atoms with E-state index in [0.717, 1.165) is 94.7 Å². The van der Waals surface area contributed by atoms with Gasteiger partial charge in [0.25, 0.3) is 0 Å². The predicted octanol–water partition coefficient (Wildman–Crippen LogP) is 12.0. The van der Waals surface area contributed by atoms with Crippen molar-refractivity contribution < 1.29 is 13.6 Å². The second-order valence-electron chi connectivity index (χ2n) is 11.6. The summed E-state index contributed by atoms with van der Waals surface area (Å²) in [6.45, 7) is 0. The summed E-state index contributed by atoms with van der Waals surface area (Å²) in [6.07, 6.45) is 0. The molecule has 1 aliphatic rings. The first-order chi connectivity index (χ1) is 22.8. The Balaban J connectivity index is 1.12. The Bertz CT molecular complexity index is 2470. The van der Waals surface area contributed by atoms with Crippen molar-refractivity contribution in [3.05, 3.63) is 152 Å². The predicted molar refractivity (Wildman–Crippen MR) is 184 cm³/mol. The topological polar surface area (TPSA) is 38.8 Å². The van der Waals surface area contributed by atoms with Crippen LogP contribution in [0.25, 0.3) is 66.1 Å². The van der Waals surface area contributed by atoms with Gasteiger partial charge in [0, 0.05) is 21.5 Å². The quantitative estimate of drug-likeness (QED) is 0.205. The highest BCUT2D eigenvalue weighted by atomic mass is 16.5. The standard InChI is InChI=1S/C42H23NO3/c1-2-8-30(9-3-1)43-35-24-28(26-14-18-39-33(22-26)31-10-4-6-12-37(31)44-39)16-20-41(35)46-42-21-17-29(25-36(42)43)27-15-19-40-34(23-27)32-11-5-7-13-38(32)45-40/h1-2,4-8,10-25H. The first kappa shape index (κ1) is 24.9. The van der Waals surface area contributed by atoms with E-state index < -0.39 is 0 Å². The molecule has 4 nitrogen and oxygen atoms in total. The fraction of sp³-hybridized carbons (Fsp3) is 0. The molecular weight excluding hydrogens is 566 g/mol. The third-order valence-electron chi connectivity index (χ3n) is 8.91. The highest BCUT2D eigenvalue weighted by Gasteiger charge is 2.27. The van der Waals surface area contributed by atoms with Crippen molar-refractivity contribution in [1.82, 2.24) is 0 Å². The van der Waals surface area contributed by atoms with Gasteiger partial charge in [-0.3, -0.25) is 4.90 Å². The molecule has 7 aromatic carbocycles. The number of benzene rings is 6. The molecule has 3 heterocycles. The number of furan rings is 2. The van der Waals surface area contributed by atoms with E-state index in [2.05, 4.69) is 108 Å². The van der Waals surface area contributed by atoms with E-state index in [1.54, 1.807) is 0 Å². The minimum Gasteiger partial charge on any atom is -0.456 e. The molecule has 0 spiro atoms. The van der Waals surface area contributed by atoms with Gasteiger partial charge < -0.3 is 13.6 Å². The van der Waals surface area contributed by atoms with Crippen LogP contribution in [0.4, 0.5) is 17.1 Å². The number of anilines is 3. The Morgan fingerprint density at radius 1 is 0.435 bits per heavy atom. The lowest BCUT2D eigenvalue weighted by Crippen LogP contribution is -2.15. The largest absolute Gasteiger partial charge is 0.456 e. The number of para-hydroxylation sites is 2. The van der Waals surface area contributed by atoms with Crippen LogP contribution in [-0.4, -0.2) is 0 Å². The van der Waals surface area contributed by atoms with Gasteiger partial charge in [0.05, 0.1) is 17.1 Å². The molecule has 9 aromatic rings. The Kier molecular flexibility index (Phi) is 5.17. The monoisotopic (exact) mass is 589 g/mol. The summed E-state index contributed by atoms with van der Waals surface area (Å²) >= 11 is 0. The SMILES string of the molecule is c1cccc(N2c3cc(-c4ccc5oc6ccccc6c5c4)ccc3Oc3ccc(-c4ccc5oc6ccccc6c5c4)cc32)c#1. The maximum atomic E-state index is 6.55. The smallest absolute Gasteiger partial charge is 0.151 e. The Morgan fingerprint density at radius 3 is 1.48 bits per heavy atom. The molecule has 0 atom stereocenters. The number of ether oxygens (including phenoxy) is 1. The molecule has 4 heteroatoms. The number of fused-ring (bicyclic) bond motifs is 8. The molecule has 214 valence electrons. The zero-order chi connectivity index (χ0) is 30.2. The van der Waals surface area contributed by atoms with E-state index in [0.29, 0.717) is 0 Å². The van der Waals surface area contributed by atoms with Crippen LogP contribution in [0.5, 0.6) is 11.5 Å². The van der Waals surface area contributed by atoms with Crippen molar-refractivity contribution in [3.8, 4) is 33.8 Å². The van der Waals surface area contributed by atoms with Gasteiger partial charge in [-0.2, -0.15) is 0 Å². The van der Waals surface area contributed by atoms with E-state index in [4.69, 9.17) is 13.6 Å². The van der Waals surface area contributed by atoms with Crippen LogP contribution in [0.15, 0.2) is 148 Å². The summed E-state index contributed by atoms with van der Waals surface area (Å²) in [5, 5.41) is 4.42. The molecule has 0 fully saturated rings. The van der Waals surface area contributed by atoms with Crippen LogP contribution in [0.1, 0.15) is 0 Å². The molecular formula is C42H23NO3. The molecule has 0 saturated carbocycles. The van der Waals surface area contributed by atoms with Crippen LogP contribution in [0.3, 0.4) is 0 Å². The normalized spacial score (nSPS) is 12.3. The van der Waals surface area contributed by atoms with Crippen molar-refractivity contribution in [2.45, 2.75) is 0 Å². The van der Waals surface area contributed by atoms with Gasteiger partial charge in [0.15, 0.2) is 11.5 Å². The van der Waals surface area contributed by atoms with E-state index >= 15 is 0 Å². The van der Waals surface area contributed by atoms with Crippen molar-refractivity contribution >= 4 is 60.9 Å². The number of hydrogen-bond acceptors (Lipinski definition) is 4. The lowest BCUT2D eigenvalue weighted by molar-refractivity contribution is 0.477. The van der Waals surface area contributed by atoms with Gasteiger partial charge in [-0.05, 0) is 101 Å². The third-order valence-corrected chi connectivity index (χ3v) is 8.91. The molecule has 0 aliphatic carbocycles. The van der Waals surface area contributed by atoms with Gasteiger partial charge in [-0.1, -0.05) is 72.8 Å².